The maximum atomic E-state index is 14.6. The van der Waals surface area contributed by atoms with Gasteiger partial charge in [-0.15, -0.1) is 0 Å². The molecule has 6 aromatic rings. The van der Waals surface area contributed by atoms with Crippen LogP contribution in [0.15, 0.2) is 120 Å². The van der Waals surface area contributed by atoms with Gasteiger partial charge in [-0.05, 0) is 93.7 Å². The summed E-state index contributed by atoms with van der Waals surface area (Å²) in [6.07, 6.45) is 14.5. The van der Waals surface area contributed by atoms with Gasteiger partial charge in [0.15, 0.2) is 11.5 Å². The van der Waals surface area contributed by atoms with Crippen molar-refractivity contribution in [3.05, 3.63) is 175 Å². The number of hydrogen-bond donors (Lipinski definition) is 1. The molecule has 81 heavy (non-hydrogen) atoms. The molecular weight excluding hydrogens is 1050 g/mol. The van der Waals surface area contributed by atoms with Crippen LogP contribution in [-0.2, 0) is 45.2 Å². The van der Waals surface area contributed by atoms with Crippen LogP contribution in [0.2, 0.25) is 0 Å². The van der Waals surface area contributed by atoms with Crippen LogP contribution in [0.4, 0.5) is 5.69 Å². The summed E-state index contributed by atoms with van der Waals surface area (Å²) in [5.74, 6) is 2.99. The van der Waals surface area contributed by atoms with Gasteiger partial charge in [-0.1, -0.05) is 145 Å². The fourth-order valence-electron chi connectivity index (χ4n) is 10.3. The smallest absolute Gasteiger partial charge is 0.269 e. The summed E-state index contributed by atoms with van der Waals surface area (Å²) >= 11 is 0. The van der Waals surface area contributed by atoms with Gasteiger partial charge in [0.05, 0.1) is 49.5 Å². The molecule has 432 valence electrons. The van der Waals surface area contributed by atoms with E-state index < -0.39 is 20.9 Å². The molecule has 15 nitrogen and oxygen atoms in total. The van der Waals surface area contributed by atoms with Crippen molar-refractivity contribution in [1.82, 2.24) is 4.72 Å². The molecule has 0 unspecified atom stereocenters. The number of hydrogen-bond acceptors (Lipinski definition) is 13. The largest absolute Gasteiger partial charge is 0.493 e. The van der Waals surface area contributed by atoms with E-state index in [1.807, 2.05) is 48.5 Å². The zero-order valence-corrected chi connectivity index (χ0v) is 47.8. The quantitative estimate of drug-likeness (QED) is 0.0330. The second-order valence-corrected chi connectivity index (χ2v) is 22.2. The van der Waals surface area contributed by atoms with Gasteiger partial charge in [0.2, 0.25) is 0 Å². The van der Waals surface area contributed by atoms with Crippen molar-refractivity contribution in [3.8, 4) is 34.5 Å². The molecule has 2 heterocycles. The SMILES string of the molecule is CCCCCCCCOc1c2cccc1Cc1cc(C(=O)NS(=O)(=O)c3ccc([N+](=O)[O-])cc3)cc3c1OCCOCCOc1ccccc1OCCOCCOc1c(cccc1Cc1cccc(c1OCCCCCCCC)C3)C2. The Labute approximate surface area is 477 Å². The van der Waals surface area contributed by atoms with Gasteiger partial charge in [0, 0.05) is 43.4 Å². The predicted octanol–water partition coefficient (Wildman–Crippen LogP) is 13.1. The number of amides is 1. The topological polar surface area (TPSA) is 180 Å². The lowest BCUT2D eigenvalue weighted by Gasteiger charge is -2.23. The van der Waals surface area contributed by atoms with E-state index in [4.69, 9.17) is 37.9 Å². The van der Waals surface area contributed by atoms with Crippen molar-refractivity contribution < 1.29 is 56.0 Å². The average Bonchev–Trinajstić information content (AvgIpc) is 3.65. The van der Waals surface area contributed by atoms with E-state index in [1.54, 1.807) is 12.1 Å². The van der Waals surface area contributed by atoms with Crippen LogP contribution in [0, 0.1) is 10.1 Å². The summed E-state index contributed by atoms with van der Waals surface area (Å²) in [5, 5.41) is 11.5. The minimum Gasteiger partial charge on any atom is -0.493 e. The minimum absolute atomic E-state index is 0.0673. The van der Waals surface area contributed by atoms with Crippen molar-refractivity contribution in [2.24, 2.45) is 0 Å². The zero-order chi connectivity index (χ0) is 56.7. The third-order valence-corrected chi connectivity index (χ3v) is 15.8. The Morgan fingerprint density at radius 2 is 0.889 bits per heavy atom. The molecule has 0 fully saturated rings. The molecule has 1 N–H and O–H groups in total. The van der Waals surface area contributed by atoms with Gasteiger partial charge in [-0.3, -0.25) is 14.9 Å². The molecule has 3 aliphatic rings. The van der Waals surface area contributed by atoms with Crippen LogP contribution in [0.5, 0.6) is 34.5 Å². The lowest BCUT2D eigenvalue weighted by Crippen LogP contribution is -2.30. The fourth-order valence-corrected chi connectivity index (χ4v) is 11.3. The highest BCUT2D eigenvalue weighted by atomic mass is 32.2. The molecule has 1 aliphatic carbocycles. The second kappa shape index (κ2) is 31.2. The monoisotopic (exact) mass is 1130 g/mol. The molecule has 0 spiro atoms. The third kappa shape index (κ3) is 17.4. The number of rotatable bonds is 20. The first-order valence-electron chi connectivity index (χ1n) is 28.9. The van der Waals surface area contributed by atoms with Gasteiger partial charge < -0.3 is 37.9 Å². The molecule has 9 rings (SSSR count). The molecule has 2 aliphatic heterocycles. The normalized spacial score (nSPS) is 14.2. The number of nitro benzene ring substituents is 1. The standard InChI is InChI=1S/C65H78N2O13S/c1-3-5-7-9-11-15-32-77-61-48-20-18-24-52(61)44-54-46-56(65(68)66-81(71,72)58-30-28-57(29-31-58)67(69)70)47-55-45-53-25-19-21-49(62(53)78-33-16-12-10-8-6-4-2)43-51-23-17-22-50(42-48)63(51)79-40-36-73-34-38-75-59-26-13-14-27-60(59)76-39-35-74-37-41-80-64(54)55/h13-14,17-31,46-47H,3-12,15-16,32-45H2,1-2H3,(H,66,68). The summed E-state index contributed by atoms with van der Waals surface area (Å²) in [6, 6.07) is 33.8. The highest BCUT2D eigenvalue weighted by molar-refractivity contribution is 7.90. The number of carbonyl (C=O) groups excluding carboxylic acids is 1. The number of ether oxygens (including phenoxy) is 8. The predicted molar refractivity (Wildman–Crippen MR) is 313 cm³/mol. The molecule has 0 radical (unpaired) electrons. The van der Waals surface area contributed by atoms with E-state index in [1.165, 1.54) is 25.7 Å². The van der Waals surface area contributed by atoms with Gasteiger partial charge in [0.25, 0.3) is 21.6 Å². The van der Waals surface area contributed by atoms with Gasteiger partial charge >= 0.3 is 0 Å². The first-order valence-corrected chi connectivity index (χ1v) is 30.4. The first-order chi connectivity index (χ1) is 39.6. The van der Waals surface area contributed by atoms with E-state index in [2.05, 4.69) is 48.9 Å². The summed E-state index contributed by atoms with van der Waals surface area (Å²) in [6.45, 7) is 7.47. The summed E-state index contributed by atoms with van der Waals surface area (Å²) in [5.41, 5.74) is 6.52. The van der Waals surface area contributed by atoms with E-state index in [-0.39, 0.29) is 62.0 Å². The highest BCUT2D eigenvalue weighted by Crippen LogP contribution is 2.40. The maximum Gasteiger partial charge on any atom is 0.269 e. The van der Waals surface area contributed by atoms with Gasteiger partial charge in [-0.25, -0.2) is 13.1 Å². The Morgan fingerprint density at radius 3 is 1.33 bits per heavy atom. The second-order valence-electron chi connectivity index (χ2n) is 20.5. The van der Waals surface area contributed by atoms with E-state index >= 15 is 0 Å². The Kier molecular flexibility index (Phi) is 23.1. The summed E-state index contributed by atoms with van der Waals surface area (Å²) in [7, 11) is -4.50. The Bertz CT molecular complexity index is 3000. The number of sulfonamides is 1. The van der Waals surface area contributed by atoms with E-state index in [9.17, 15) is 23.3 Å². The number of nitro groups is 1. The highest BCUT2D eigenvalue weighted by Gasteiger charge is 2.26. The van der Waals surface area contributed by atoms with Gasteiger partial charge in [-0.2, -0.15) is 0 Å². The Hall–Kier alpha value is -7.14. The Morgan fingerprint density at radius 1 is 0.494 bits per heavy atom. The first kappa shape index (κ1) is 60.0. The minimum atomic E-state index is -4.50. The molecule has 1 amide bonds. The van der Waals surface area contributed by atoms with Crippen LogP contribution < -0.4 is 33.1 Å². The van der Waals surface area contributed by atoms with Crippen LogP contribution in [0.25, 0.3) is 0 Å². The van der Waals surface area contributed by atoms with Crippen molar-refractivity contribution in [1.29, 1.82) is 0 Å². The molecule has 6 aromatic carbocycles. The van der Waals surface area contributed by atoms with Crippen LogP contribution >= 0.6 is 0 Å². The van der Waals surface area contributed by atoms with Crippen molar-refractivity contribution in [2.75, 3.05) is 66.1 Å². The lowest BCUT2D eigenvalue weighted by molar-refractivity contribution is -0.384. The molecule has 0 atom stereocenters. The fraction of sp³-hybridized carbons (Fsp3) is 0.431. The third-order valence-electron chi connectivity index (χ3n) is 14.4. The lowest BCUT2D eigenvalue weighted by atomic mass is 9.90. The Balaban J connectivity index is 1.26. The van der Waals surface area contributed by atoms with Crippen LogP contribution in [-0.4, -0.2) is 85.3 Å². The summed E-state index contributed by atoms with van der Waals surface area (Å²) < 4.78 is 82.1. The number of para-hydroxylation sites is 5. The number of nitrogens with zero attached hydrogens (tertiary/aromatic N) is 1. The molecule has 16 heteroatoms. The van der Waals surface area contributed by atoms with E-state index in [0.29, 0.717) is 85.8 Å². The molecule has 0 saturated heterocycles. The molecule has 0 saturated carbocycles. The summed E-state index contributed by atoms with van der Waals surface area (Å²) in [4.78, 5) is 25.2. The number of non-ortho nitro benzene ring substituents is 1. The number of carbonyl (C=O) groups is 1. The van der Waals surface area contributed by atoms with Crippen LogP contribution in [0.3, 0.4) is 0 Å². The molecular formula is C65H78N2O13S. The van der Waals surface area contributed by atoms with E-state index in [0.717, 1.165) is 115 Å². The van der Waals surface area contributed by atoms with Crippen molar-refractivity contribution >= 4 is 21.6 Å². The average molecular weight is 1130 g/mol. The molecule has 10 bridgehead atoms. The van der Waals surface area contributed by atoms with Crippen molar-refractivity contribution in [3.63, 3.8) is 0 Å². The number of nitrogens with one attached hydrogen (secondary N) is 1. The number of unbranched alkanes of at least 4 members (excludes halogenated alkanes) is 10. The maximum absolute atomic E-state index is 14.6. The zero-order valence-electron chi connectivity index (χ0n) is 47.0. The molecule has 0 aromatic heterocycles. The van der Waals surface area contributed by atoms with Crippen LogP contribution in [0.1, 0.15) is 146 Å². The number of fused-ring (bicyclic) bond motifs is 12. The van der Waals surface area contributed by atoms with Gasteiger partial charge in [0.1, 0.15) is 49.4 Å². The number of benzene rings is 6. The van der Waals surface area contributed by atoms with Crippen molar-refractivity contribution in [2.45, 2.75) is 121 Å².